The van der Waals surface area contributed by atoms with Crippen molar-refractivity contribution < 1.29 is 0 Å². The molecule has 2 heterocycles. The van der Waals surface area contributed by atoms with Crippen LogP contribution in [0.4, 0.5) is 0 Å². The van der Waals surface area contributed by atoms with Crippen molar-refractivity contribution in [3.05, 3.63) is 293 Å². The van der Waals surface area contributed by atoms with Crippen LogP contribution in [-0.2, 0) is 0 Å². The third-order valence-electron chi connectivity index (χ3n) is 18.4. The minimum absolute atomic E-state index is 0.154. The molecular formula is C81H62N4. The number of para-hydroxylation sites is 2. The molecular weight excluding hydrogens is 1030 g/mol. The van der Waals surface area contributed by atoms with Gasteiger partial charge in [0.1, 0.15) is 0 Å². The number of aromatic nitrogens is 2. The average molecular weight is 1090 g/mol. The van der Waals surface area contributed by atoms with E-state index in [1.165, 1.54) is 116 Å². The molecule has 2 aromatic heterocycles. The normalized spacial score (nSPS) is 15.2. The molecule has 15 rings (SSSR count). The van der Waals surface area contributed by atoms with Crippen LogP contribution < -0.4 is 0 Å². The first kappa shape index (κ1) is 51.5. The number of hydrogen-bond acceptors (Lipinski definition) is 2. The monoisotopic (exact) mass is 1090 g/mol. The highest BCUT2D eigenvalue weighted by Crippen LogP contribution is 2.52. The van der Waals surface area contributed by atoms with E-state index >= 15 is 0 Å². The molecule has 3 aliphatic carbocycles. The molecule has 85 heavy (non-hydrogen) atoms. The number of nitriles is 1. The predicted octanol–water partition coefficient (Wildman–Crippen LogP) is 21.4. The Labute approximate surface area is 497 Å². The van der Waals surface area contributed by atoms with Gasteiger partial charge in [-0.2, -0.15) is 5.26 Å². The molecule has 0 N–H and O–H groups in total. The zero-order chi connectivity index (χ0) is 57.6. The van der Waals surface area contributed by atoms with Crippen molar-refractivity contribution in [1.82, 2.24) is 9.13 Å². The standard InChI is InChI=1S/C81H62N4/c1-49-22-7-9-30-61(49)75-51(3)24-15-34-63(75)65-36-20-42-73-79(65)67-32-11-13-40-71(67)84(73)59-45-58(53(5)77-69-38-18-27-56-28-19-39-70(78(56)69)81(77)83-54(6)57-29-17-26-55(44-57)48-82)46-60(47-59)85-72-41-14-12-33-68(72)80-66(37-21-43-74(80)85)64-35-16-25-52(4)76(64)62-31-10-8-23-50(62)2/h7-16,18-28,30-46,59H,5,17,29,47H2,1-4,6H3. The summed E-state index contributed by atoms with van der Waals surface area (Å²) in [6.07, 6.45) is 11.3. The van der Waals surface area contributed by atoms with Gasteiger partial charge in [0, 0.05) is 61.6 Å². The molecule has 12 aromatic rings. The van der Waals surface area contributed by atoms with Crippen molar-refractivity contribution in [3.8, 4) is 50.6 Å². The lowest BCUT2D eigenvalue weighted by Crippen LogP contribution is -2.14. The zero-order valence-corrected chi connectivity index (χ0v) is 48.6. The molecule has 0 fully saturated rings. The lowest BCUT2D eigenvalue weighted by Gasteiger charge is -2.28. The van der Waals surface area contributed by atoms with Gasteiger partial charge in [0.25, 0.3) is 0 Å². The van der Waals surface area contributed by atoms with Crippen LogP contribution in [0.15, 0.2) is 264 Å². The van der Waals surface area contributed by atoms with Gasteiger partial charge in [-0.3, -0.25) is 4.99 Å². The Morgan fingerprint density at radius 1 is 0.506 bits per heavy atom. The largest absolute Gasteiger partial charge is 0.333 e. The van der Waals surface area contributed by atoms with E-state index in [2.05, 4.69) is 268 Å². The summed E-state index contributed by atoms with van der Waals surface area (Å²) in [4.78, 5) is 5.64. The summed E-state index contributed by atoms with van der Waals surface area (Å²) in [5, 5.41) is 17.3. The summed E-state index contributed by atoms with van der Waals surface area (Å²) < 4.78 is 5.18. The highest BCUT2D eigenvalue weighted by molar-refractivity contribution is 6.22. The second-order valence-electron chi connectivity index (χ2n) is 23.4. The Bertz CT molecular complexity index is 5120. The predicted molar refractivity (Wildman–Crippen MR) is 360 cm³/mol. The van der Waals surface area contributed by atoms with Gasteiger partial charge in [-0.05, 0) is 184 Å². The van der Waals surface area contributed by atoms with E-state index < -0.39 is 0 Å². The molecule has 4 nitrogen and oxygen atoms in total. The molecule has 406 valence electrons. The molecule has 10 aromatic carbocycles. The molecule has 0 radical (unpaired) electrons. The maximum Gasteiger partial charge on any atom is 0.0988 e. The van der Waals surface area contributed by atoms with Crippen LogP contribution in [0.1, 0.15) is 65.6 Å². The third kappa shape index (κ3) is 8.29. The van der Waals surface area contributed by atoms with E-state index in [1.54, 1.807) is 0 Å². The van der Waals surface area contributed by atoms with E-state index in [4.69, 9.17) is 11.6 Å². The highest BCUT2D eigenvalue weighted by Gasteiger charge is 2.32. The number of allylic oxidation sites excluding steroid dienone is 10. The van der Waals surface area contributed by atoms with Crippen LogP contribution in [0.3, 0.4) is 0 Å². The van der Waals surface area contributed by atoms with Crippen LogP contribution in [-0.4, -0.2) is 14.8 Å². The SMILES string of the molecule is C=C(C1=CC(n2c3ccccc3c3c(-c4cccc(C)c4-c4ccccc4C)cccc32)CC(n2c3ccccc3c3c(-c4cccc(C)c4-c4ccccc4C)cccc32)=C1)C1=C(N=C(C)C2=CC(C#N)=CCC2)c2cccc3cccc1c23. The van der Waals surface area contributed by atoms with E-state index in [-0.39, 0.29) is 6.04 Å². The summed E-state index contributed by atoms with van der Waals surface area (Å²) in [6, 6.07) is 78.4. The molecule has 3 aliphatic rings. The first-order valence-corrected chi connectivity index (χ1v) is 29.8. The quantitative estimate of drug-likeness (QED) is 0.126. The number of aliphatic imine (C=N–C) groups is 1. The first-order valence-electron chi connectivity index (χ1n) is 29.8. The highest BCUT2D eigenvalue weighted by atomic mass is 15.1. The number of fused-ring (bicyclic) bond motifs is 6. The molecule has 1 unspecified atom stereocenters. The van der Waals surface area contributed by atoms with E-state index in [9.17, 15) is 5.26 Å². The van der Waals surface area contributed by atoms with Crippen molar-refractivity contribution in [2.75, 3.05) is 0 Å². The van der Waals surface area contributed by atoms with Crippen LogP contribution in [0.2, 0.25) is 0 Å². The summed E-state index contributed by atoms with van der Waals surface area (Å²) in [6.45, 7) is 16.2. The molecule has 0 spiro atoms. The minimum Gasteiger partial charge on any atom is -0.333 e. The summed E-state index contributed by atoms with van der Waals surface area (Å²) in [5.41, 5.74) is 29.6. The van der Waals surface area contributed by atoms with Crippen LogP contribution in [0, 0.1) is 39.0 Å². The molecule has 0 bridgehead atoms. The van der Waals surface area contributed by atoms with Gasteiger partial charge in [-0.1, -0.05) is 201 Å². The summed E-state index contributed by atoms with van der Waals surface area (Å²) in [5.74, 6) is 0. The number of aryl methyl sites for hydroxylation is 4. The van der Waals surface area contributed by atoms with Crippen molar-refractivity contribution in [2.24, 2.45) is 4.99 Å². The Morgan fingerprint density at radius 2 is 1.01 bits per heavy atom. The van der Waals surface area contributed by atoms with Gasteiger partial charge in [0.05, 0.1) is 34.4 Å². The van der Waals surface area contributed by atoms with Gasteiger partial charge >= 0.3 is 0 Å². The number of rotatable bonds is 10. The van der Waals surface area contributed by atoms with Crippen molar-refractivity contribution >= 4 is 77.1 Å². The fourth-order valence-electron chi connectivity index (χ4n) is 14.5. The molecule has 0 saturated heterocycles. The second kappa shape index (κ2) is 20.5. The van der Waals surface area contributed by atoms with E-state index in [0.29, 0.717) is 12.0 Å². The first-order chi connectivity index (χ1) is 41.6. The van der Waals surface area contributed by atoms with Gasteiger partial charge < -0.3 is 9.13 Å². The van der Waals surface area contributed by atoms with Crippen LogP contribution >= 0.6 is 0 Å². The number of nitrogens with zero attached hydrogens (tertiary/aromatic N) is 4. The van der Waals surface area contributed by atoms with Crippen molar-refractivity contribution in [3.63, 3.8) is 0 Å². The fraction of sp³-hybridized carbons (Fsp3) is 0.111. The Balaban J connectivity index is 0.990. The summed E-state index contributed by atoms with van der Waals surface area (Å²) in [7, 11) is 0. The topological polar surface area (TPSA) is 46.0 Å². The van der Waals surface area contributed by atoms with E-state index in [1.807, 2.05) is 12.2 Å². The third-order valence-corrected chi connectivity index (χ3v) is 18.4. The maximum atomic E-state index is 10.0. The lowest BCUT2D eigenvalue weighted by atomic mass is 9.87. The van der Waals surface area contributed by atoms with E-state index in [0.717, 1.165) is 68.7 Å². The fourth-order valence-corrected chi connectivity index (χ4v) is 14.5. The molecule has 4 heteroatoms. The number of benzene rings is 10. The Morgan fingerprint density at radius 3 is 1.67 bits per heavy atom. The van der Waals surface area contributed by atoms with Gasteiger partial charge in [-0.25, -0.2) is 0 Å². The molecule has 1 atom stereocenters. The average Bonchev–Trinajstić information content (AvgIpc) is 1.71. The summed E-state index contributed by atoms with van der Waals surface area (Å²) >= 11 is 0. The zero-order valence-electron chi connectivity index (χ0n) is 48.6. The lowest BCUT2D eigenvalue weighted by molar-refractivity contribution is 0.642. The maximum absolute atomic E-state index is 10.0. The van der Waals surface area contributed by atoms with Crippen molar-refractivity contribution in [1.29, 1.82) is 5.26 Å². The Hall–Kier alpha value is -10.3. The van der Waals surface area contributed by atoms with Gasteiger partial charge in [0.15, 0.2) is 0 Å². The Kier molecular flexibility index (Phi) is 12.4. The second-order valence-corrected chi connectivity index (χ2v) is 23.4. The van der Waals surface area contributed by atoms with Gasteiger partial charge in [0.2, 0.25) is 0 Å². The molecule has 0 aliphatic heterocycles. The smallest absolute Gasteiger partial charge is 0.0988 e. The van der Waals surface area contributed by atoms with Crippen LogP contribution in [0.5, 0.6) is 0 Å². The van der Waals surface area contributed by atoms with Crippen LogP contribution in [0.25, 0.3) is 116 Å². The molecule has 0 amide bonds. The number of hydrogen-bond donors (Lipinski definition) is 0. The van der Waals surface area contributed by atoms with Gasteiger partial charge in [-0.15, -0.1) is 0 Å². The molecule has 0 saturated carbocycles. The minimum atomic E-state index is -0.154. The van der Waals surface area contributed by atoms with Crippen molar-refractivity contribution in [2.45, 2.75) is 59.9 Å².